The molecule has 1 aliphatic carbocycles. The lowest BCUT2D eigenvalue weighted by Crippen LogP contribution is -2.62. The number of likely N-dealkylation sites (N-methyl/N-ethyl adjacent to an activating group) is 1. The van der Waals surface area contributed by atoms with Crippen LogP contribution in [0.2, 0.25) is 0 Å². The van der Waals surface area contributed by atoms with Gasteiger partial charge in [0.05, 0.1) is 17.6 Å². The predicted octanol–water partition coefficient (Wildman–Crippen LogP) is 3.57. The number of fused-ring (bicyclic) bond motifs is 1. The fourth-order valence-electron chi connectivity index (χ4n) is 4.55. The van der Waals surface area contributed by atoms with Gasteiger partial charge < -0.3 is 14.6 Å². The first-order valence-electron chi connectivity index (χ1n) is 10.4. The van der Waals surface area contributed by atoms with E-state index in [2.05, 4.69) is 10.1 Å². The Bertz CT molecular complexity index is 1170. The molecular formula is C22H23F2N5O3. The molecule has 2 N–H and O–H groups in total. The molecule has 0 radical (unpaired) electrons. The van der Waals surface area contributed by atoms with Gasteiger partial charge >= 0.3 is 0 Å². The van der Waals surface area contributed by atoms with Gasteiger partial charge in [-0.3, -0.25) is 14.6 Å². The lowest BCUT2D eigenvalue weighted by Gasteiger charge is -2.53. The third-order valence-corrected chi connectivity index (χ3v) is 6.35. The molecule has 1 unspecified atom stereocenters. The number of nitrogens with zero attached hydrogens (tertiary/aromatic N) is 4. The minimum Gasteiger partial charge on any atom is -0.503 e. The van der Waals surface area contributed by atoms with Crippen molar-refractivity contribution in [1.29, 1.82) is 5.53 Å². The van der Waals surface area contributed by atoms with Gasteiger partial charge in [-0.25, -0.2) is 14.3 Å². The van der Waals surface area contributed by atoms with Crippen LogP contribution in [0, 0.1) is 17.2 Å². The second-order valence-electron chi connectivity index (χ2n) is 8.17. The Morgan fingerprint density at radius 3 is 2.66 bits per heavy atom. The van der Waals surface area contributed by atoms with Gasteiger partial charge in [-0.15, -0.1) is 0 Å². The highest BCUT2D eigenvalue weighted by Gasteiger charge is 2.49. The normalized spacial score (nSPS) is 18.0. The van der Waals surface area contributed by atoms with E-state index in [0.29, 0.717) is 13.1 Å². The van der Waals surface area contributed by atoms with Gasteiger partial charge in [0.1, 0.15) is 17.7 Å². The maximum Gasteiger partial charge on any atom is 0.275 e. The summed E-state index contributed by atoms with van der Waals surface area (Å²) in [7, 11) is 0. The van der Waals surface area contributed by atoms with E-state index in [1.807, 2.05) is 6.92 Å². The van der Waals surface area contributed by atoms with Crippen LogP contribution in [0.5, 0.6) is 5.75 Å². The van der Waals surface area contributed by atoms with Crippen molar-refractivity contribution >= 4 is 12.1 Å². The van der Waals surface area contributed by atoms with Crippen LogP contribution >= 0.6 is 0 Å². The predicted molar refractivity (Wildman–Crippen MR) is 112 cm³/mol. The highest BCUT2D eigenvalue weighted by Crippen LogP contribution is 2.43. The van der Waals surface area contributed by atoms with E-state index in [0.717, 1.165) is 31.4 Å². The average molecular weight is 443 g/mol. The Morgan fingerprint density at radius 2 is 2.06 bits per heavy atom. The maximum absolute atomic E-state index is 13.8. The Kier molecular flexibility index (Phi) is 5.62. The quantitative estimate of drug-likeness (QED) is 0.526. The number of nitrogens with one attached hydrogen (secondary N) is 1. The molecule has 1 saturated carbocycles. The van der Waals surface area contributed by atoms with Gasteiger partial charge in [-0.2, -0.15) is 5.11 Å². The van der Waals surface area contributed by atoms with Gasteiger partial charge in [0.15, 0.2) is 11.4 Å². The third-order valence-electron chi connectivity index (χ3n) is 6.35. The zero-order chi connectivity index (χ0) is 23.0. The fourth-order valence-corrected chi connectivity index (χ4v) is 4.55. The van der Waals surface area contributed by atoms with Crippen LogP contribution in [0.3, 0.4) is 0 Å². The van der Waals surface area contributed by atoms with Crippen LogP contribution in [0.4, 0.5) is 8.78 Å². The number of carbonyl (C=O) groups is 1. The van der Waals surface area contributed by atoms with Crippen LogP contribution in [-0.2, 0) is 13.1 Å². The second kappa shape index (κ2) is 8.25. The first-order valence-corrected chi connectivity index (χ1v) is 10.4. The molecule has 1 spiro atoms. The number of aromatic hydroxyl groups is 1. The molecule has 2 aliphatic rings. The molecule has 1 aromatic heterocycles. The van der Waals surface area contributed by atoms with Crippen molar-refractivity contribution in [3.63, 3.8) is 0 Å². The Hall–Kier alpha value is -3.43. The molecule has 168 valence electrons. The lowest BCUT2D eigenvalue weighted by atomic mass is 9.73. The van der Waals surface area contributed by atoms with E-state index < -0.39 is 28.9 Å². The molecule has 1 aromatic carbocycles. The van der Waals surface area contributed by atoms with Gasteiger partial charge in [-0.1, -0.05) is 6.07 Å². The van der Waals surface area contributed by atoms with Gasteiger partial charge in [0, 0.05) is 37.1 Å². The van der Waals surface area contributed by atoms with E-state index in [-0.39, 0.29) is 34.8 Å². The SMILES string of the molecule is CCN1C(=O)c2c(O)c(=O)c(C(C=NCc3ccc(F)cc3F)N=N)cn2CC12CCC2. The summed E-state index contributed by atoms with van der Waals surface area (Å²) in [6, 6.07) is 2.00. The molecule has 1 fully saturated rings. The highest BCUT2D eigenvalue weighted by atomic mass is 19.1. The van der Waals surface area contributed by atoms with Crippen LogP contribution in [0.25, 0.3) is 0 Å². The first-order chi connectivity index (χ1) is 15.3. The summed E-state index contributed by atoms with van der Waals surface area (Å²) in [5.74, 6) is -2.52. The number of amides is 1. The molecule has 1 atom stereocenters. The summed E-state index contributed by atoms with van der Waals surface area (Å²) in [6.07, 6.45) is 5.34. The monoisotopic (exact) mass is 443 g/mol. The largest absolute Gasteiger partial charge is 0.503 e. The molecule has 10 heteroatoms. The average Bonchev–Trinajstić information content (AvgIpc) is 2.73. The molecule has 0 saturated heterocycles. The molecule has 2 heterocycles. The van der Waals surface area contributed by atoms with Crippen molar-refractivity contribution in [2.45, 2.75) is 50.9 Å². The molecule has 2 aromatic rings. The summed E-state index contributed by atoms with van der Waals surface area (Å²) in [4.78, 5) is 31.6. The number of pyridine rings is 1. The van der Waals surface area contributed by atoms with Crippen LogP contribution in [-0.4, -0.2) is 38.8 Å². The summed E-state index contributed by atoms with van der Waals surface area (Å²) in [5, 5.41) is 14.0. The number of aromatic nitrogens is 1. The van der Waals surface area contributed by atoms with Gasteiger partial charge in [0.25, 0.3) is 5.91 Å². The van der Waals surface area contributed by atoms with Crippen molar-refractivity contribution in [3.05, 3.63) is 63.1 Å². The standard InChI is InChI=1S/C22H23F2N5O3/c1-2-29-21(32)18-20(31)19(30)15(11-28(18)12-22(29)6-3-7-22)17(27-25)10-26-9-13-4-5-14(23)8-16(13)24/h4-5,8,10-11,17,25,31H,2-3,6-7,9,12H2,1H3. The summed E-state index contributed by atoms with van der Waals surface area (Å²) >= 11 is 0. The third kappa shape index (κ3) is 3.49. The molecule has 1 amide bonds. The van der Waals surface area contributed by atoms with Crippen LogP contribution < -0.4 is 5.43 Å². The van der Waals surface area contributed by atoms with Crippen molar-refractivity contribution in [1.82, 2.24) is 9.47 Å². The lowest BCUT2D eigenvalue weighted by molar-refractivity contribution is -0.00381. The summed E-state index contributed by atoms with van der Waals surface area (Å²) in [5.41, 5.74) is 6.44. The minimum absolute atomic E-state index is 0.00296. The molecular weight excluding hydrogens is 420 g/mol. The smallest absolute Gasteiger partial charge is 0.275 e. The fraction of sp³-hybridized carbons (Fsp3) is 0.409. The summed E-state index contributed by atoms with van der Waals surface area (Å²) in [6.45, 7) is 2.65. The van der Waals surface area contributed by atoms with Crippen molar-refractivity contribution in [2.75, 3.05) is 6.54 Å². The van der Waals surface area contributed by atoms with Crippen LogP contribution in [0.1, 0.15) is 53.8 Å². The Morgan fingerprint density at radius 1 is 1.31 bits per heavy atom. The molecule has 4 rings (SSSR count). The van der Waals surface area contributed by atoms with Crippen molar-refractivity contribution < 1.29 is 18.7 Å². The van der Waals surface area contributed by atoms with Crippen molar-refractivity contribution in [3.8, 4) is 5.75 Å². The number of rotatable bonds is 6. The number of carbonyl (C=O) groups excluding carboxylic acids is 1. The molecule has 1 aliphatic heterocycles. The second-order valence-corrected chi connectivity index (χ2v) is 8.17. The Balaban J connectivity index is 1.67. The zero-order valence-corrected chi connectivity index (χ0v) is 17.5. The minimum atomic E-state index is -1.12. The Labute approximate surface area is 182 Å². The van der Waals surface area contributed by atoms with E-state index >= 15 is 0 Å². The number of aliphatic imine (C=N–C) groups is 1. The topological polar surface area (TPSA) is 111 Å². The number of halogens is 2. The van der Waals surface area contributed by atoms with Gasteiger partial charge in [0.2, 0.25) is 5.43 Å². The zero-order valence-electron chi connectivity index (χ0n) is 17.5. The van der Waals surface area contributed by atoms with E-state index in [1.165, 1.54) is 18.5 Å². The van der Waals surface area contributed by atoms with E-state index in [9.17, 15) is 23.5 Å². The molecule has 8 nitrogen and oxygen atoms in total. The molecule has 0 bridgehead atoms. The van der Waals surface area contributed by atoms with E-state index in [1.54, 1.807) is 9.47 Å². The number of hydrogen-bond acceptors (Lipinski definition) is 6. The van der Waals surface area contributed by atoms with Gasteiger partial charge in [-0.05, 0) is 32.3 Å². The maximum atomic E-state index is 13.8. The van der Waals surface area contributed by atoms with E-state index in [4.69, 9.17) is 5.53 Å². The van der Waals surface area contributed by atoms with Crippen LogP contribution in [0.15, 0.2) is 39.3 Å². The molecule has 32 heavy (non-hydrogen) atoms. The first kappa shape index (κ1) is 21.8. The summed E-state index contributed by atoms with van der Waals surface area (Å²) < 4.78 is 28.4. The van der Waals surface area contributed by atoms with Crippen molar-refractivity contribution in [2.24, 2.45) is 10.1 Å². The number of benzene rings is 1. The highest BCUT2D eigenvalue weighted by molar-refractivity contribution is 5.96. The number of hydrogen-bond donors (Lipinski definition) is 2.